The zero-order valence-electron chi connectivity index (χ0n) is 18.1. The topological polar surface area (TPSA) is 112 Å². The van der Waals surface area contributed by atoms with Crippen LogP contribution in [0.5, 0.6) is 0 Å². The van der Waals surface area contributed by atoms with Crippen LogP contribution >= 0.6 is 11.3 Å². The van der Waals surface area contributed by atoms with Crippen molar-refractivity contribution in [2.45, 2.75) is 38.5 Å². The van der Waals surface area contributed by atoms with Gasteiger partial charge in [-0.25, -0.2) is 23.4 Å². The zero-order chi connectivity index (χ0) is 24.3. The molecule has 0 aliphatic rings. The summed E-state index contributed by atoms with van der Waals surface area (Å²) in [6, 6.07) is 4.57. The molecule has 3 heterocycles. The predicted octanol–water partition coefficient (Wildman–Crippen LogP) is 2.41. The number of rotatable bonds is 9. The molecule has 9 nitrogen and oxygen atoms in total. The van der Waals surface area contributed by atoms with Gasteiger partial charge in [-0.2, -0.15) is 5.10 Å². The van der Waals surface area contributed by atoms with E-state index >= 15 is 0 Å². The number of ether oxygens (including phenoxy) is 1. The minimum atomic E-state index is -1.95. The number of aliphatic hydroxyl groups is 1. The number of aromatic nitrogens is 5. The van der Waals surface area contributed by atoms with Gasteiger partial charge in [0, 0.05) is 23.4 Å². The highest BCUT2D eigenvalue weighted by Gasteiger charge is 2.35. The maximum absolute atomic E-state index is 14.7. The number of hydrogen-bond acceptors (Lipinski definition) is 8. The van der Waals surface area contributed by atoms with Crippen LogP contribution in [-0.2, 0) is 34.6 Å². The average Bonchev–Trinajstić information content (AvgIpc) is 3.43. The largest absolute Gasteiger partial charge is 0.466 e. The summed E-state index contributed by atoms with van der Waals surface area (Å²) in [5.74, 6) is -2.09. The highest BCUT2D eigenvalue weighted by Crippen LogP contribution is 2.29. The van der Waals surface area contributed by atoms with Gasteiger partial charge < -0.3 is 9.84 Å². The molecule has 1 N–H and O–H groups in total. The number of halogens is 2. The van der Waals surface area contributed by atoms with Crippen molar-refractivity contribution in [1.82, 2.24) is 24.3 Å². The van der Waals surface area contributed by atoms with Gasteiger partial charge in [0.25, 0.3) is 5.56 Å². The zero-order valence-corrected chi connectivity index (χ0v) is 19.0. The lowest BCUT2D eigenvalue weighted by Crippen LogP contribution is -2.40. The Balaban J connectivity index is 1.65. The first-order chi connectivity index (χ1) is 16.2. The number of carbonyl (C=O) groups is 1. The van der Waals surface area contributed by atoms with Gasteiger partial charge in [0.15, 0.2) is 0 Å². The van der Waals surface area contributed by atoms with Crippen molar-refractivity contribution < 1.29 is 23.4 Å². The van der Waals surface area contributed by atoms with Gasteiger partial charge in [-0.3, -0.25) is 14.2 Å². The fraction of sp³-hybridized carbons (Fsp3) is 0.318. The molecule has 0 radical (unpaired) electrons. The van der Waals surface area contributed by atoms with Gasteiger partial charge in [0.2, 0.25) is 0 Å². The SMILES string of the molecule is CC(=O)OCCCc1cc2c(=O)n(CC(O)(Cn3cncn3)c3ccc(F)cc3F)cnc2s1. The number of esters is 1. The Bertz CT molecular complexity index is 1370. The van der Waals surface area contributed by atoms with E-state index in [1.165, 1.54) is 46.5 Å². The summed E-state index contributed by atoms with van der Waals surface area (Å²) in [5, 5.41) is 15.8. The van der Waals surface area contributed by atoms with Crippen LogP contribution in [0.2, 0.25) is 0 Å². The van der Waals surface area contributed by atoms with Crippen molar-refractivity contribution in [3.8, 4) is 0 Å². The molecule has 4 aromatic rings. The van der Waals surface area contributed by atoms with Crippen molar-refractivity contribution in [3.05, 3.63) is 75.7 Å². The molecule has 12 heteroatoms. The number of benzene rings is 1. The van der Waals surface area contributed by atoms with Crippen LogP contribution in [0.3, 0.4) is 0 Å². The third-order valence-corrected chi connectivity index (χ3v) is 6.30. The molecule has 0 spiro atoms. The van der Waals surface area contributed by atoms with E-state index in [1.54, 1.807) is 6.07 Å². The Hall–Kier alpha value is -3.51. The summed E-state index contributed by atoms with van der Waals surface area (Å²) in [6.45, 7) is 1.04. The highest BCUT2D eigenvalue weighted by atomic mass is 32.1. The molecule has 0 fully saturated rings. The predicted molar refractivity (Wildman–Crippen MR) is 119 cm³/mol. The van der Waals surface area contributed by atoms with E-state index in [1.807, 2.05) is 0 Å². The summed E-state index contributed by atoms with van der Waals surface area (Å²) >= 11 is 1.35. The van der Waals surface area contributed by atoms with Crippen molar-refractivity contribution >= 4 is 27.5 Å². The number of fused-ring (bicyclic) bond motifs is 1. The maximum atomic E-state index is 14.7. The molecular weight excluding hydrogens is 468 g/mol. The second-order valence-corrected chi connectivity index (χ2v) is 8.92. The Morgan fingerprint density at radius 3 is 2.76 bits per heavy atom. The van der Waals surface area contributed by atoms with Gasteiger partial charge in [0.05, 0.1) is 31.4 Å². The number of carbonyl (C=O) groups excluding carboxylic acids is 1. The van der Waals surface area contributed by atoms with E-state index in [9.17, 15) is 23.5 Å². The van der Waals surface area contributed by atoms with E-state index in [0.29, 0.717) is 29.1 Å². The minimum Gasteiger partial charge on any atom is -0.466 e. The normalized spacial score (nSPS) is 13.2. The molecule has 0 saturated heterocycles. The molecule has 0 amide bonds. The summed E-state index contributed by atoms with van der Waals surface area (Å²) in [6.07, 6.45) is 5.09. The van der Waals surface area contributed by atoms with E-state index in [4.69, 9.17) is 4.74 Å². The first kappa shape index (κ1) is 23.6. The molecule has 34 heavy (non-hydrogen) atoms. The Labute approximate surface area is 196 Å². The van der Waals surface area contributed by atoms with Crippen LogP contribution < -0.4 is 5.56 Å². The number of nitrogens with zero attached hydrogens (tertiary/aromatic N) is 5. The standard InChI is InChI=1S/C22H21F2N5O4S/c1-14(30)33-6-2-3-16-8-17-20(34-16)26-13-28(21(17)31)9-22(32,10-29-12-25-11-27-29)18-5-4-15(23)7-19(18)24/h4-5,7-8,11-13,32H,2-3,6,9-10H2,1H3. The number of thiophene rings is 1. The van der Waals surface area contributed by atoms with Crippen LogP contribution in [0.15, 0.2) is 48.0 Å². The molecular formula is C22H21F2N5O4S. The van der Waals surface area contributed by atoms with Crippen LogP contribution in [0, 0.1) is 11.6 Å². The van der Waals surface area contributed by atoms with Crippen LogP contribution in [-0.4, -0.2) is 42.0 Å². The average molecular weight is 490 g/mol. The third kappa shape index (κ3) is 5.18. The molecule has 0 aliphatic heterocycles. The summed E-state index contributed by atoms with van der Waals surface area (Å²) < 4.78 is 35.6. The lowest BCUT2D eigenvalue weighted by molar-refractivity contribution is -0.141. The van der Waals surface area contributed by atoms with Crippen LogP contribution in [0.4, 0.5) is 8.78 Å². The van der Waals surface area contributed by atoms with Crippen molar-refractivity contribution in [2.75, 3.05) is 6.61 Å². The Morgan fingerprint density at radius 2 is 2.06 bits per heavy atom. The molecule has 1 atom stereocenters. The van der Waals surface area contributed by atoms with E-state index < -0.39 is 22.8 Å². The molecule has 1 unspecified atom stereocenters. The Kier molecular flexibility index (Phi) is 6.80. The quantitative estimate of drug-likeness (QED) is 0.284. The van der Waals surface area contributed by atoms with Gasteiger partial charge in [-0.15, -0.1) is 11.3 Å². The number of aryl methyl sites for hydroxylation is 1. The Morgan fingerprint density at radius 1 is 1.24 bits per heavy atom. The monoisotopic (exact) mass is 489 g/mol. The molecule has 0 aliphatic carbocycles. The third-order valence-electron chi connectivity index (χ3n) is 5.20. The molecule has 4 rings (SSSR count). The van der Waals surface area contributed by atoms with Gasteiger partial charge in [-0.05, 0) is 25.0 Å². The molecule has 178 valence electrons. The van der Waals surface area contributed by atoms with Crippen molar-refractivity contribution in [3.63, 3.8) is 0 Å². The lowest BCUT2D eigenvalue weighted by Gasteiger charge is -2.29. The van der Waals surface area contributed by atoms with E-state index in [0.717, 1.165) is 17.0 Å². The fourth-order valence-electron chi connectivity index (χ4n) is 3.66. The second kappa shape index (κ2) is 9.77. The van der Waals surface area contributed by atoms with E-state index in [2.05, 4.69) is 15.1 Å². The minimum absolute atomic E-state index is 0.187. The fourth-order valence-corrected chi connectivity index (χ4v) is 4.69. The van der Waals surface area contributed by atoms with Crippen LogP contribution in [0.25, 0.3) is 10.2 Å². The molecule has 3 aromatic heterocycles. The summed E-state index contributed by atoms with van der Waals surface area (Å²) in [7, 11) is 0. The van der Waals surface area contributed by atoms with Gasteiger partial charge in [0.1, 0.15) is 34.7 Å². The molecule has 1 aromatic carbocycles. The maximum Gasteiger partial charge on any atom is 0.302 e. The van der Waals surface area contributed by atoms with Gasteiger partial charge in [-0.1, -0.05) is 6.07 Å². The number of hydrogen-bond donors (Lipinski definition) is 1. The van der Waals surface area contributed by atoms with Gasteiger partial charge >= 0.3 is 5.97 Å². The lowest BCUT2D eigenvalue weighted by atomic mass is 9.92. The van der Waals surface area contributed by atoms with Crippen molar-refractivity contribution in [1.29, 1.82) is 0 Å². The smallest absolute Gasteiger partial charge is 0.302 e. The molecule has 0 bridgehead atoms. The van der Waals surface area contributed by atoms with Crippen molar-refractivity contribution in [2.24, 2.45) is 0 Å². The highest BCUT2D eigenvalue weighted by molar-refractivity contribution is 7.18. The summed E-state index contributed by atoms with van der Waals surface area (Å²) in [5.41, 5.74) is -2.55. The first-order valence-electron chi connectivity index (χ1n) is 10.4. The van der Waals surface area contributed by atoms with E-state index in [-0.39, 0.29) is 31.2 Å². The summed E-state index contributed by atoms with van der Waals surface area (Å²) in [4.78, 5) is 33.6. The molecule has 0 saturated carbocycles. The first-order valence-corrected chi connectivity index (χ1v) is 11.2. The second-order valence-electron chi connectivity index (χ2n) is 7.80. The van der Waals surface area contributed by atoms with Crippen LogP contribution in [0.1, 0.15) is 23.8 Å².